The lowest BCUT2D eigenvalue weighted by molar-refractivity contribution is -0.132. The van der Waals surface area contributed by atoms with Gasteiger partial charge in [-0.05, 0) is 55.0 Å². The number of ether oxygens (including phenoxy) is 2. The molecule has 2 aromatic rings. The van der Waals surface area contributed by atoms with Crippen molar-refractivity contribution in [1.82, 2.24) is 10.2 Å². The van der Waals surface area contributed by atoms with E-state index < -0.39 is 0 Å². The fraction of sp³-hybridized carbons (Fsp3) is 0.348. The molecule has 2 aromatic carbocycles. The first-order valence-corrected chi connectivity index (χ1v) is 10.1. The summed E-state index contributed by atoms with van der Waals surface area (Å²) >= 11 is 0. The van der Waals surface area contributed by atoms with Crippen LogP contribution in [0.4, 0.5) is 5.69 Å². The number of rotatable bonds is 11. The van der Waals surface area contributed by atoms with Crippen molar-refractivity contribution in [3.8, 4) is 11.5 Å². The van der Waals surface area contributed by atoms with Gasteiger partial charge in [0.2, 0.25) is 11.8 Å². The second-order valence-corrected chi connectivity index (χ2v) is 6.94. The van der Waals surface area contributed by atoms with Crippen molar-refractivity contribution in [2.75, 3.05) is 39.2 Å². The number of unbranched alkanes of at least 4 members (excludes halogenated alkanes) is 1. The van der Waals surface area contributed by atoms with E-state index in [0.29, 0.717) is 29.4 Å². The minimum Gasteiger partial charge on any atom is -0.497 e. The van der Waals surface area contributed by atoms with Gasteiger partial charge in [0.05, 0.1) is 26.8 Å². The number of nitrogens with zero attached hydrogens (tertiary/aromatic N) is 1. The van der Waals surface area contributed by atoms with Gasteiger partial charge in [0, 0.05) is 18.3 Å². The largest absolute Gasteiger partial charge is 0.497 e. The predicted molar refractivity (Wildman–Crippen MR) is 118 cm³/mol. The summed E-state index contributed by atoms with van der Waals surface area (Å²) in [5, 5.41) is 5.28. The van der Waals surface area contributed by atoms with Crippen molar-refractivity contribution in [2.24, 2.45) is 0 Å². The van der Waals surface area contributed by atoms with Crippen molar-refractivity contribution in [2.45, 2.75) is 19.8 Å². The highest BCUT2D eigenvalue weighted by atomic mass is 16.5. The maximum atomic E-state index is 12.2. The van der Waals surface area contributed by atoms with Gasteiger partial charge in [-0.3, -0.25) is 14.4 Å². The normalized spacial score (nSPS) is 10.2. The van der Waals surface area contributed by atoms with Gasteiger partial charge in [-0.15, -0.1) is 0 Å². The zero-order valence-corrected chi connectivity index (χ0v) is 18.1. The highest BCUT2D eigenvalue weighted by Gasteiger charge is 2.15. The van der Waals surface area contributed by atoms with Gasteiger partial charge < -0.3 is 25.0 Å². The predicted octanol–water partition coefficient (Wildman–Crippen LogP) is 2.70. The van der Waals surface area contributed by atoms with Gasteiger partial charge in [0.15, 0.2) is 0 Å². The first-order chi connectivity index (χ1) is 14.9. The molecule has 8 nitrogen and oxygen atoms in total. The third-order valence-corrected chi connectivity index (χ3v) is 4.46. The van der Waals surface area contributed by atoms with Crippen LogP contribution < -0.4 is 20.1 Å². The van der Waals surface area contributed by atoms with E-state index in [0.717, 1.165) is 12.8 Å². The van der Waals surface area contributed by atoms with Crippen molar-refractivity contribution >= 4 is 23.4 Å². The summed E-state index contributed by atoms with van der Waals surface area (Å²) in [6.45, 7) is 2.38. The molecule has 2 rings (SSSR count). The van der Waals surface area contributed by atoms with Crippen molar-refractivity contribution in [1.29, 1.82) is 0 Å². The number of carbonyl (C=O) groups is 3. The van der Waals surface area contributed by atoms with Gasteiger partial charge in [-0.25, -0.2) is 0 Å². The Balaban J connectivity index is 1.76. The van der Waals surface area contributed by atoms with Gasteiger partial charge in [-0.2, -0.15) is 0 Å². The van der Waals surface area contributed by atoms with Gasteiger partial charge in [0.1, 0.15) is 11.5 Å². The Hall–Kier alpha value is -3.55. The quantitative estimate of drug-likeness (QED) is 0.538. The number of likely N-dealkylation sites (N-methyl/N-ethyl adjacent to an activating group) is 1. The average molecular weight is 428 g/mol. The Kier molecular flexibility index (Phi) is 9.35. The fourth-order valence-corrected chi connectivity index (χ4v) is 2.61. The maximum Gasteiger partial charge on any atom is 0.251 e. The molecule has 8 heteroatoms. The van der Waals surface area contributed by atoms with E-state index in [2.05, 4.69) is 17.6 Å². The Morgan fingerprint density at radius 3 is 2.23 bits per heavy atom. The average Bonchev–Trinajstić information content (AvgIpc) is 2.78. The molecule has 0 aliphatic heterocycles. The van der Waals surface area contributed by atoms with Gasteiger partial charge >= 0.3 is 0 Å². The van der Waals surface area contributed by atoms with Crippen LogP contribution in [0.5, 0.6) is 11.5 Å². The maximum absolute atomic E-state index is 12.2. The SMILES string of the molecule is CCCCOc1ccc(C(=O)NCC(=O)N(C)CC(=O)Nc2ccc(OC)cc2)cc1. The molecule has 0 aliphatic carbocycles. The van der Waals surface area contributed by atoms with Crippen LogP contribution in [0.25, 0.3) is 0 Å². The Labute approximate surface area is 182 Å². The zero-order chi connectivity index (χ0) is 22.6. The summed E-state index contributed by atoms with van der Waals surface area (Å²) in [6.07, 6.45) is 2.02. The van der Waals surface area contributed by atoms with Crippen LogP contribution in [0.15, 0.2) is 48.5 Å². The van der Waals surface area contributed by atoms with E-state index in [1.807, 2.05) is 0 Å². The molecule has 166 valence electrons. The molecule has 0 heterocycles. The molecule has 0 unspecified atom stereocenters. The Morgan fingerprint density at radius 1 is 0.968 bits per heavy atom. The molecule has 31 heavy (non-hydrogen) atoms. The number of anilines is 1. The molecule has 0 aromatic heterocycles. The smallest absolute Gasteiger partial charge is 0.251 e. The number of benzene rings is 2. The third kappa shape index (κ3) is 8.00. The number of hydrogen-bond donors (Lipinski definition) is 2. The molecular formula is C23H29N3O5. The Morgan fingerprint density at radius 2 is 1.61 bits per heavy atom. The van der Waals surface area contributed by atoms with Crippen LogP contribution >= 0.6 is 0 Å². The fourth-order valence-electron chi connectivity index (χ4n) is 2.61. The van der Waals surface area contributed by atoms with E-state index in [1.54, 1.807) is 55.6 Å². The van der Waals surface area contributed by atoms with Gasteiger partial charge in [0.25, 0.3) is 5.91 Å². The standard InChI is InChI=1S/C23H29N3O5/c1-4-5-14-31-20-10-6-17(7-11-20)23(29)24-15-22(28)26(2)16-21(27)25-18-8-12-19(30-3)13-9-18/h6-13H,4-5,14-16H2,1-3H3,(H,24,29)(H,25,27). The van der Waals surface area contributed by atoms with Crippen LogP contribution in [-0.2, 0) is 9.59 Å². The van der Waals surface area contributed by atoms with Gasteiger partial charge in [-0.1, -0.05) is 13.3 Å². The number of nitrogens with one attached hydrogen (secondary N) is 2. The van der Waals surface area contributed by atoms with E-state index >= 15 is 0 Å². The molecule has 3 amide bonds. The van der Waals surface area contributed by atoms with Crippen molar-refractivity contribution in [3.05, 3.63) is 54.1 Å². The van der Waals surface area contributed by atoms with E-state index in [-0.39, 0.29) is 30.8 Å². The second-order valence-electron chi connectivity index (χ2n) is 6.94. The number of hydrogen-bond acceptors (Lipinski definition) is 5. The first-order valence-electron chi connectivity index (χ1n) is 10.1. The summed E-state index contributed by atoms with van der Waals surface area (Å²) in [7, 11) is 3.07. The molecular weight excluding hydrogens is 398 g/mol. The zero-order valence-electron chi connectivity index (χ0n) is 18.1. The molecule has 0 atom stereocenters. The molecule has 0 bridgehead atoms. The summed E-state index contributed by atoms with van der Waals surface area (Å²) in [5.74, 6) is 0.289. The number of amides is 3. The van der Waals surface area contributed by atoms with Crippen LogP contribution in [0, 0.1) is 0 Å². The lowest BCUT2D eigenvalue weighted by Gasteiger charge is -2.17. The number of carbonyl (C=O) groups excluding carboxylic acids is 3. The Bertz CT molecular complexity index is 866. The van der Waals surface area contributed by atoms with E-state index in [1.165, 1.54) is 11.9 Å². The third-order valence-electron chi connectivity index (χ3n) is 4.46. The monoisotopic (exact) mass is 427 g/mol. The summed E-state index contributed by atoms with van der Waals surface area (Å²) in [6, 6.07) is 13.6. The first kappa shape index (κ1) is 23.7. The molecule has 0 spiro atoms. The van der Waals surface area contributed by atoms with E-state index in [4.69, 9.17) is 9.47 Å². The molecule has 0 fully saturated rings. The summed E-state index contributed by atoms with van der Waals surface area (Å²) in [4.78, 5) is 37.9. The molecule has 0 saturated heterocycles. The minimum atomic E-state index is -0.377. The topological polar surface area (TPSA) is 97.0 Å². The molecule has 0 aliphatic rings. The highest BCUT2D eigenvalue weighted by Crippen LogP contribution is 2.15. The number of methoxy groups -OCH3 is 1. The van der Waals surface area contributed by atoms with Crippen LogP contribution in [0.2, 0.25) is 0 Å². The summed E-state index contributed by atoms with van der Waals surface area (Å²) in [5.41, 5.74) is 1.03. The second kappa shape index (κ2) is 12.2. The van der Waals surface area contributed by atoms with Crippen LogP contribution in [0.1, 0.15) is 30.1 Å². The minimum absolute atomic E-state index is 0.134. The summed E-state index contributed by atoms with van der Waals surface area (Å²) < 4.78 is 10.6. The van der Waals surface area contributed by atoms with Crippen molar-refractivity contribution < 1.29 is 23.9 Å². The van der Waals surface area contributed by atoms with Crippen LogP contribution in [-0.4, -0.2) is 56.5 Å². The lowest BCUT2D eigenvalue weighted by Crippen LogP contribution is -2.41. The van der Waals surface area contributed by atoms with E-state index in [9.17, 15) is 14.4 Å². The molecule has 0 radical (unpaired) electrons. The molecule has 0 saturated carbocycles. The lowest BCUT2D eigenvalue weighted by atomic mass is 10.2. The highest BCUT2D eigenvalue weighted by molar-refractivity contribution is 5.98. The van der Waals surface area contributed by atoms with Crippen molar-refractivity contribution in [3.63, 3.8) is 0 Å². The van der Waals surface area contributed by atoms with Crippen LogP contribution in [0.3, 0.4) is 0 Å². The molecule has 2 N–H and O–H groups in total.